The van der Waals surface area contributed by atoms with E-state index in [0.29, 0.717) is 33.9 Å². The molecule has 178 valence electrons. The van der Waals surface area contributed by atoms with Crippen LogP contribution in [0.4, 0.5) is 11.5 Å². The Morgan fingerprint density at radius 3 is 2.08 bits per heavy atom. The van der Waals surface area contributed by atoms with Gasteiger partial charge in [-0.1, -0.05) is 73.8 Å². The highest BCUT2D eigenvalue weighted by atomic mass is 16.2. The Morgan fingerprint density at radius 1 is 0.833 bits per heavy atom. The largest absolute Gasteiger partial charge is 0.322 e. The summed E-state index contributed by atoms with van der Waals surface area (Å²) in [7, 11) is 1.73. The summed E-state index contributed by atoms with van der Waals surface area (Å²) in [6.07, 6.45) is 1.39. The number of amides is 2. The van der Waals surface area contributed by atoms with Gasteiger partial charge in [-0.15, -0.1) is 0 Å². The van der Waals surface area contributed by atoms with Crippen LogP contribution in [0.25, 0.3) is 11.3 Å². The summed E-state index contributed by atoms with van der Waals surface area (Å²) in [6.45, 7) is 7.16. The number of aromatic nitrogens is 2. The topological polar surface area (TPSA) is 93.1 Å². The van der Waals surface area contributed by atoms with Crippen molar-refractivity contribution in [2.45, 2.75) is 0 Å². The molecule has 0 aliphatic carbocycles. The number of nitrogens with zero attached hydrogens (tertiary/aromatic N) is 2. The predicted molar refractivity (Wildman–Crippen MR) is 141 cm³/mol. The fourth-order valence-corrected chi connectivity index (χ4v) is 3.47. The van der Waals surface area contributed by atoms with Crippen molar-refractivity contribution in [3.05, 3.63) is 126 Å². The minimum absolute atomic E-state index is 0.102. The molecule has 2 amide bonds. The van der Waals surface area contributed by atoms with Gasteiger partial charge in [0.2, 0.25) is 0 Å². The van der Waals surface area contributed by atoms with E-state index in [1.807, 2.05) is 30.3 Å². The summed E-state index contributed by atoms with van der Waals surface area (Å²) in [5.41, 5.74) is 3.89. The number of hydrogen-bond donors (Lipinski definition) is 2. The average molecular weight is 477 g/mol. The van der Waals surface area contributed by atoms with Crippen LogP contribution >= 0.6 is 0 Å². The molecule has 0 aliphatic rings. The van der Waals surface area contributed by atoms with Gasteiger partial charge in [-0.25, -0.2) is 0 Å². The standard InChI is InChI=1S/C29H24N4O3/c1-4-19(2)28(35)30-24-16-14-20(15-17-24)25-18-26(33(3)32-25)31-29(36)23-12-10-22(11-13-23)27(34)21-8-6-5-7-9-21/h4-18H,1-2H2,3H3,(H,30,35)(H,31,36). The summed E-state index contributed by atoms with van der Waals surface area (Å²) in [6, 6.07) is 24.4. The molecule has 2 N–H and O–H groups in total. The third-order valence-corrected chi connectivity index (χ3v) is 5.54. The fourth-order valence-electron chi connectivity index (χ4n) is 3.47. The second kappa shape index (κ2) is 10.5. The summed E-state index contributed by atoms with van der Waals surface area (Å²) >= 11 is 0. The van der Waals surface area contributed by atoms with Crippen molar-refractivity contribution in [3.63, 3.8) is 0 Å². The third kappa shape index (κ3) is 5.37. The van der Waals surface area contributed by atoms with E-state index in [9.17, 15) is 14.4 Å². The molecule has 0 atom stereocenters. The number of ketones is 1. The number of rotatable bonds is 8. The minimum Gasteiger partial charge on any atom is -0.322 e. The second-order valence-corrected chi connectivity index (χ2v) is 8.03. The molecule has 0 bridgehead atoms. The van der Waals surface area contributed by atoms with Crippen molar-refractivity contribution in [1.82, 2.24) is 9.78 Å². The number of hydrogen-bond acceptors (Lipinski definition) is 4. The van der Waals surface area contributed by atoms with E-state index in [1.54, 1.807) is 66.3 Å². The van der Waals surface area contributed by atoms with E-state index in [0.717, 1.165) is 5.56 Å². The van der Waals surface area contributed by atoms with Crippen molar-refractivity contribution in [2.75, 3.05) is 10.6 Å². The quantitative estimate of drug-likeness (QED) is 0.206. The van der Waals surface area contributed by atoms with Gasteiger partial charge in [-0.3, -0.25) is 19.1 Å². The number of carbonyl (C=O) groups excluding carboxylic acids is 3. The normalized spacial score (nSPS) is 10.4. The number of benzene rings is 3. The Kier molecular flexibility index (Phi) is 7.02. The second-order valence-electron chi connectivity index (χ2n) is 8.03. The monoisotopic (exact) mass is 476 g/mol. The maximum atomic E-state index is 12.8. The molecule has 0 spiro atoms. The molecule has 36 heavy (non-hydrogen) atoms. The molecular formula is C29H24N4O3. The molecule has 1 aromatic heterocycles. The predicted octanol–water partition coefficient (Wildman–Crippen LogP) is 5.25. The van der Waals surface area contributed by atoms with Crippen LogP contribution < -0.4 is 10.6 Å². The third-order valence-electron chi connectivity index (χ3n) is 5.54. The number of nitrogens with one attached hydrogen (secondary N) is 2. The molecule has 0 fully saturated rings. The molecule has 4 aromatic rings. The Morgan fingerprint density at radius 2 is 1.44 bits per heavy atom. The van der Waals surface area contributed by atoms with E-state index in [1.165, 1.54) is 6.08 Å². The van der Waals surface area contributed by atoms with Gasteiger partial charge in [0.05, 0.1) is 5.69 Å². The Labute approximate surface area is 208 Å². The first kappa shape index (κ1) is 24.1. The van der Waals surface area contributed by atoms with Gasteiger partial charge in [-0.05, 0) is 24.3 Å². The number of aryl methyl sites for hydroxylation is 1. The summed E-state index contributed by atoms with van der Waals surface area (Å²) in [5.74, 6) is -0.226. The van der Waals surface area contributed by atoms with Crippen LogP contribution in [0, 0.1) is 0 Å². The van der Waals surface area contributed by atoms with Crippen molar-refractivity contribution < 1.29 is 14.4 Å². The molecule has 7 heteroatoms. The molecular weight excluding hydrogens is 452 g/mol. The fraction of sp³-hybridized carbons (Fsp3) is 0.0345. The maximum absolute atomic E-state index is 12.8. The lowest BCUT2D eigenvalue weighted by atomic mass is 10.0. The van der Waals surface area contributed by atoms with Crippen molar-refractivity contribution in [1.29, 1.82) is 0 Å². The molecule has 0 radical (unpaired) electrons. The summed E-state index contributed by atoms with van der Waals surface area (Å²) in [5, 5.41) is 10.1. The van der Waals surface area contributed by atoms with Crippen LogP contribution in [-0.4, -0.2) is 27.4 Å². The lowest BCUT2D eigenvalue weighted by Gasteiger charge is -2.06. The first-order chi connectivity index (χ1) is 17.4. The van der Waals surface area contributed by atoms with Gasteiger partial charge in [0.25, 0.3) is 11.8 Å². The minimum atomic E-state index is -0.321. The van der Waals surface area contributed by atoms with Crippen molar-refractivity contribution in [3.8, 4) is 11.3 Å². The summed E-state index contributed by atoms with van der Waals surface area (Å²) in [4.78, 5) is 37.3. The van der Waals surface area contributed by atoms with Crippen LogP contribution in [0.15, 0.2) is 110 Å². The maximum Gasteiger partial charge on any atom is 0.256 e. The molecule has 0 aliphatic heterocycles. The zero-order valence-corrected chi connectivity index (χ0v) is 19.7. The van der Waals surface area contributed by atoms with Crippen molar-refractivity contribution in [2.24, 2.45) is 7.05 Å². The highest BCUT2D eigenvalue weighted by Gasteiger charge is 2.14. The summed E-state index contributed by atoms with van der Waals surface area (Å²) < 4.78 is 1.57. The van der Waals surface area contributed by atoms with Gasteiger partial charge < -0.3 is 10.6 Å². The van der Waals surface area contributed by atoms with Gasteiger partial charge >= 0.3 is 0 Å². The SMILES string of the molecule is C=CC(=C)C(=O)Nc1ccc(-c2cc(NC(=O)c3ccc(C(=O)c4ccccc4)cc3)n(C)n2)cc1. The van der Waals surface area contributed by atoms with E-state index in [4.69, 9.17) is 0 Å². The first-order valence-corrected chi connectivity index (χ1v) is 11.1. The molecule has 0 unspecified atom stereocenters. The van der Waals surface area contributed by atoms with Crippen LogP contribution in [0.1, 0.15) is 26.3 Å². The van der Waals surface area contributed by atoms with E-state index >= 15 is 0 Å². The van der Waals surface area contributed by atoms with Crippen molar-refractivity contribution >= 4 is 29.1 Å². The molecule has 7 nitrogen and oxygen atoms in total. The molecule has 0 saturated heterocycles. The molecule has 3 aromatic carbocycles. The molecule has 4 rings (SSSR count). The van der Waals surface area contributed by atoms with Gasteiger partial charge in [0, 0.05) is 46.6 Å². The average Bonchev–Trinajstić information content (AvgIpc) is 3.28. The number of carbonyl (C=O) groups is 3. The van der Waals surface area contributed by atoms with Crippen LogP contribution in [0.5, 0.6) is 0 Å². The zero-order chi connectivity index (χ0) is 25.7. The van der Waals surface area contributed by atoms with Gasteiger partial charge in [-0.2, -0.15) is 5.10 Å². The highest BCUT2D eigenvalue weighted by Crippen LogP contribution is 2.24. The Balaban J connectivity index is 1.43. The first-order valence-electron chi connectivity index (χ1n) is 11.1. The van der Waals surface area contributed by atoms with E-state index in [-0.39, 0.29) is 23.2 Å². The number of anilines is 2. The van der Waals surface area contributed by atoms with E-state index in [2.05, 4.69) is 28.9 Å². The highest BCUT2D eigenvalue weighted by molar-refractivity contribution is 6.10. The smallest absolute Gasteiger partial charge is 0.256 e. The van der Waals surface area contributed by atoms with Crippen LogP contribution in [-0.2, 0) is 11.8 Å². The zero-order valence-electron chi connectivity index (χ0n) is 19.7. The molecule has 0 saturated carbocycles. The lowest BCUT2D eigenvalue weighted by Crippen LogP contribution is -2.14. The Hall–Kier alpha value is -5.04. The lowest BCUT2D eigenvalue weighted by molar-refractivity contribution is -0.112. The van der Waals surface area contributed by atoms with E-state index < -0.39 is 0 Å². The Bertz CT molecular complexity index is 1450. The van der Waals surface area contributed by atoms with Gasteiger partial charge in [0.15, 0.2) is 5.78 Å². The van der Waals surface area contributed by atoms with Gasteiger partial charge in [0.1, 0.15) is 5.82 Å². The van der Waals surface area contributed by atoms with Crippen LogP contribution in [0.2, 0.25) is 0 Å². The van der Waals surface area contributed by atoms with Crippen LogP contribution in [0.3, 0.4) is 0 Å². The molecule has 1 heterocycles.